The average molecular weight is 451 g/mol. The second-order valence-electron chi connectivity index (χ2n) is 6.30. The van der Waals surface area contributed by atoms with Crippen LogP contribution in [0.5, 0.6) is 0 Å². The second kappa shape index (κ2) is 15.1. The van der Waals surface area contributed by atoms with Gasteiger partial charge in [0.25, 0.3) is 0 Å². The van der Waals surface area contributed by atoms with Crippen molar-refractivity contribution in [1.29, 1.82) is 0 Å². The van der Waals surface area contributed by atoms with Crippen LogP contribution in [0.3, 0.4) is 0 Å². The molecule has 0 spiro atoms. The zero-order valence-electron chi connectivity index (χ0n) is 15.4. The topological polar surface area (TPSA) is 68.2 Å². The molecule has 2 fully saturated rings. The number of hydrazine groups is 2. The molecule has 0 atom stereocenters. The van der Waals surface area contributed by atoms with Crippen molar-refractivity contribution in [2.24, 2.45) is 10.2 Å². The first-order chi connectivity index (χ1) is 11.9. The molecule has 2 aliphatic heterocycles. The number of nitrogens with zero attached hydrogens (tertiary/aromatic N) is 5. The van der Waals surface area contributed by atoms with Crippen LogP contribution in [-0.2, 0) is 18.6 Å². The molecule has 27 heavy (non-hydrogen) atoms. The van der Waals surface area contributed by atoms with Crippen molar-refractivity contribution in [1.82, 2.24) is 26.1 Å². The summed E-state index contributed by atoms with van der Waals surface area (Å²) in [5.74, 6) is 0. The Kier molecular flexibility index (Phi) is 14.7. The fraction of sp³-hybridized carbons (Fsp3) is 0.588. The Labute approximate surface area is 186 Å². The molecule has 2 aliphatic rings. The molecule has 2 saturated heterocycles. The SMILES string of the molecule is C(=NNN1CCCCC1)c1cccc(C=NNN2CCCCC2)n1.[Cl-].[Cl-].[V+2]. The predicted octanol–water partition coefficient (Wildman–Crippen LogP) is -4.26. The van der Waals surface area contributed by atoms with Gasteiger partial charge < -0.3 is 24.8 Å². The van der Waals surface area contributed by atoms with Crippen LogP contribution in [0.25, 0.3) is 0 Å². The zero-order valence-corrected chi connectivity index (χ0v) is 18.3. The maximum atomic E-state index is 4.52. The molecule has 149 valence electrons. The van der Waals surface area contributed by atoms with Gasteiger partial charge in [-0.3, -0.25) is 0 Å². The van der Waals surface area contributed by atoms with Crippen molar-refractivity contribution in [2.75, 3.05) is 26.2 Å². The first-order valence-corrected chi connectivity index (χ1v) is 8.94. The monoisotopic (exact) mass is 450 g/mol. The smallest absolute Gasteiger partial charge is 1.00 e. The third-order valence-electron chi connectivity index (χ3n) is 4.30. The number of rotatable bonds is 6. The number of hydrazone groups is 2. The molecule has 2 N–H and O–H groups in total. The van der Waals surface area contributed by atoms with E-state index in [-0.39, 0.29) is 43.4 Å². The van der Waals surface area contributed by atoms with Gasteiger partial charge in [-0.25, -0.2) is 26.1 Å². The van der Waals surface area contributed by atoms with E-state index in [2.05, 4.69) is 36.3 Å². The van der Waals surface area contributed by atoms with Crippen LogP contribution in [-0.4, -0.2) is 53.6 Å². The minimum absolute atomic E-state index is 0. The van der Waals surface area contributed by atoms with E-state index in [4.69, 9.17) is 0 Å². The third-order valence-corrected chi connectivity index (χ3v) is 4.30. The summed E-state index contributed by atoms with van der Waals surface area (Å²) in [7, 11) is 0. The van der Waals surface area contributed by atoms with Crippen LogP contribution in [0.15, 0.2) is 28.4 Å². The van der Waals surface area contributed by atoms with E-state index < -0.39 is 0 Å². The van der Waals surface area contributed by atoms with Crippen LogP contribution in [0.2, 0.25) is 0 Å². The molecule has 0 unspecified atom stereocenters. The number of piperidine rings is 2. The normalized spacial score (nSPS) is 18.4. The van der Waals surface area contributed by atoms with Gasteiger partial charge in [0, 0.05) is 26.2 Å². The fourth-order valence-corrected chi connectivity index (χ4v) is 2.95. The third kappa shape index (κ3) is 9.78. The van der Waals surface area contributed by atoms with Crippen molar-refractivity contribution < 1.29 is 43.4 Å². The van der Waals surface area contributed by atoms with Crippen molar-refractivity contribution in [3.63, 3.8) is 0 Å². The summed E-state index contributed by atoms with van der Waals surface area (Å²) in [5.41, 5.74) is 7.81. The molecule has 7 nitrogen and oxygen atoms in total. The van der Waals surface area contributed by atoms with E-state index in [1.54, 1.807) is 12.4 Å². The number of halogens is 2. The van der Waals surface area contributed by atoms with Crippen molar-refractivity contribution in [3.8, 4) is 0 Å². The summed E-state index contributed by atoms with van der Waals surface area (Å²) in [6.45, 7) is 4.22. The number of pyridine rings is 1. The van der Waals surface area contributed by atoms with E-state index >= 15 is 0 Å². The van der Waals surface area contributed by atoms with E-state index in [1.165, 1.54) is 38.5 Å². The Morgan fingerprint density at radius 2 is 1.15 bits per heavy atom. The Bertz CT molecular complexity index is 517. The molecule has 1 aromatic heterocycles. The summed E-state index contributed by atoms with van der Waals surface area (Å²) in [6.07, 6.45) is 11.1. The molecule has 10 heteroatoms. The zero-order chi connectivity index (χ0) is 16.5. The van der Waals surface area contributed by atoms with E-state index in [9.17, 15) is 0 Å². The van der Waals surface area contributed by atoms with Gasteiger partial charge in [0.1, 0.15) is 0 Å². The summed E-state index contributed by atoms with van der Waals surface area (Å²) >= 11 is 0. The van der Waals surface area contributed by atoms with Crippen molar-refractivity contribution in [2.45, 2.75) is 38.5 Å². The van der Waals surface area contributed by atoms with Crippen LogP contribution < -0.4 is 35.9 Å². The van der Waals surface area contributed by atoms with E-state index in [0.717, 1.165) is 37.6 Å². The predicted molar refractivity (Wildman–Crippen MR) is 96.5 cm³/mol. The maximum absolute atomic E-state index is 4.52. The van der Waals surface area contributed by atoms with Crippen molar-refractivity contribution >= 4 is 12.4 Å². The van der Waals surface area contributed by atoms with Gasteiger partial charge >= 0.3 is 18.6 Å². The molecule has 1 radical (unpaired) electrons. The molecule has 0 bridgehead atoms. The number of aromatic nitrogens is 1. The molecular weight excluding hydrogens is 424 g/mol. The molecule has 3 heterocycles. The summed E-state index contributed by atoms with van der Waals surface area (Å²) < 4.78 is 0. The van der Waals surface area contributed by atoms with Crippen LogP contribution in [0.1, 0.15) is 49.9 Å². The summed E-state index contributed by atoms with van der Waals surface area (Å²) in [5, 5.41) is 12.9. The summed E-state index contributed by atoms with van der Waals surface area (Å²) in [4.78, 5) is 4.52. The van der Waals surface area contributed by atoms with Gasteiger partial charge in [-0.05, 0) is 37.8 Å². The average Bonchev–Trinajstić information content (AvgIpc) is 2.64. The van der Waals surface area contributed by atoms with Crippen LogP contribution in [0, 0.1) is 0 Å². The van der Waals surface area contributed by atoms with E-state index in [0.29, 0.717) is 0 Å². The first-order valence-electron chi connectivity index (χ1n) is 8.94. The van der Waals surface area contributed by atoms with Gasteiger partial charge in [-0.15, -0.1) is 0 Å². The number of hydrogen-bond donors (Lipinski definition) is 2. The molecule has 0 amide bonds. The standard InChI is InChI=1S/C17H27N7.2ClH.V/c1-3-10-23(11-4-1)21-18-14-16-8-7-9-17(20-16)15-19-22-24-12-5-2-6-13-24;;;/h7-9,14-15,21-22H,1-6,10-13H2;2*1H;/q;;;+2/p-2. The minimum atomic E-state index is 0. The quantitative estimate of drug-likeness (QED) is 0.339. The van der Waals surface area contributed by atoms with Gasteiger partial charge in [0.15, 0.2) is 0 Å². The van der Waals surface area contributed by atoms with Crippen molar-refractivity contribution in [3.05, 3.63) is 29.6 Å². The van der Waals surface area contributed by atoms with Crippen LogP contribution >= 0.6 is 0 Å². The van der Waals surface area contributed by atoms with Gasteiger partial charge in [-0.1, -0.05) is 18.9 Å². The second-order valence-corrected chi connectivity index (χ2v) is 6.30. The Hall–Kier alpha value is -0.826. The molecular formula is C17H27Cl2N7V. The molecule has 1 aromatic rings. The fourth-order valence-electron chi connectivity index (χ4n) is 2.95. The summed E-state index contributed by atoms with van der Waals surface area (Å²) in [6, 6.07) is 5.85. The number of nitrogens with one attached hydrogen (secondary N) is 2. The molecule has 0 saturated carbocycles. The Morgan fingerprint density at radius 3 is 1.56 bits per heavy atom. The van der Waals surface area contributed by atoms with Gasteiger partial charge in [0.2, 0.25) is 0 Å². The van der Waals surface area contributed by atoms with Crippen LogP contribution in [0.4, 0.5) is 0 Å². The van der Waals surface area contributed by atoms with Gasteiger partial charge in [0.05, 0.1) is 23.8 Å². The largest absolute Gasteiger partial charge is 2.00 e. The minimum Gasteiger partial charge on any atom is -1.00 e. The Morgan fingerprint density at radius 1 is 0.741 bits per heavy atom. The van der Waals surface area contributed by atoms with Gasteiger partial charge in [-0.2, -0.15) is 10.2 Å². The van der Waals surface area contributed by atoms with E-state index in [1.807, 2.05) is 18.2 Å². The number of hydrogen-bond acceptors (Lipinski definition) is 7. The Balaban J connectivity index is 0.00000225. The maximum Gasteiger partial charge on any atom is 2.00 e. The molecule has 0 aromatic carbocycles. The molecule has 3 rings (SSSR count). The first kappa shape index (κ1) is 26.2. The molecule has 0 aliphatic carbocycles.